The average molecular weight is 327 g/mol. The fourth-order valence-corrected chi connectivity index (χ4v) is 2.55. The van der Waals surface area contributed by atoms with Crippen LogP contribution in [-0.2, 0) is 16.7 Å². The molecule has 6 heteroatoms. The largest absolute Gasteiger partial charge is 0.444 e. The number of hydrogen-bond donors (Lipinski definition) is 2. The lowest BCUT2D eigenvalue weighted by atomic mass is 9.98. The number of amides is 1. The van der Waals surface area contributed by atoms with Crippen molar-refractivity contribution in [3.05, 3.63) is 16.1 Å². The van der Waals surface area contributed by atoms with E-state index < -0.39 is 5.60 Å². The van der Waals surface area contributed by atoms with Crippen LogP contribution in [0.2, 0.25) is 0 Å². The molecule has 0 fully saturated rings. The molecule has 1 amide bonds. The van der Waals surface area contributed by atoms with Gasteiger partial charge in [-0.25, -0.2) is 9.78 Å². The molecule has 0 aliphatic carbocycles. The molecule has 0 spiro atoms. The van der Waals surface area contributed by atoms with Gasteiger partial charge in [-0.15, -0.1) is 11.3 Å². The molecule has 0 radical (unpaired) electrons. The smallest absolute Gasteiger partial charge is 0.407 e. The highest BCUT2D eigenvalue weighted by Crippen LogP contribution is 2.26. The maximum atomic E-state index is 11.6. The number of aromatic nitrogens is 1. The molecule has 1 atom stereocenters. The zero-order chi connectivity index (χ0) is 17.0. The monoisotopic (exact) mass is 327 g/mol. The van der Waals surface area contributed by atoms with E-state index in [2.05, 4.69) is 36.4 Å². The lowest BCUT2D eigenvalue weighted by Crippen LogP contribution is -2.40. The van der Waals surface area contributed by atoms with Crippen molar-refractivity contribution in [3.8, 4) is 0 Å². The second kappa shape index (κ2) is 7.42. The number of carbonyl (C=O) groups is 1. The highest BCUT2D eigenvalue weighted by molar-refractivity contribution is 7.11. The lowest BCUT2D eigenvalue weighted by molar-refractivity contribution is 0.0523. The second-order valence-corrected chi connectivity index (χ2v) is 8.66. The molecule has 1 unspecified atom stereocenters. The summed E-state index contributed by atoms with van der Waals surface area (Å²) < 4.78 is 5.21. The molecule has 22 heavy (non-hydrogen) atoms. The Balaban J connectivity index is 2.33. The van der Waals surface area contributed by atoms with E-state index in [1.807, 2.05) is 33.9 Å². The van der Waals surface area contributed by atoms with Crippen LogP contribution in [0.3, 0.4) is 0 Å². The topological polar surface area (TPSA) is 63.2 Å². The van der Waals surface area contributed by atoms with Gasteiger partial charge in [0.1, 0.15) is 5.60 Å². The number of alkyl carbamates (subject to hydrolysis) is 1. The summed E-state index contributed by atoms with van der Waals surface area (Å²) in [7, 11) is 0. The summed E-state index contributed by atoms with van der Waals surface area (Å²) in [5.74, 6) is 0. The van der Waals surface area contributed by atoms with Crippen molar-refractivity contribution in [2.24, 2.45) is 0 Å². The minimum Gasteiger partial charge on any atom is -0.444 e. The zero-order valence-corrected chi connectivity index (χ0v) is 15.6. The normalized spacial score (nSPS) is 13.8. The quantitative estimate of drug-likeness (QED) is 0.869. The van der Waals surface area contributed by atoms with E-state index in [0.717, 1.165) is 11.6 Å². The van der Waals surface area contributed by atoms with E-state index in [-0.39, 0.29) is 17.6 Å². The number of ether oxygens (including phenoxy) is 1. The summed E-state index contributed by atoms with van der Waals surface area (Å²) >= 11 is 1.73. The summed E-state index contributed by atoms with van der Waals surface area (Å²) in [6, 6.07) is 0.160. The molecular formula is C16H29N3O2S. The van der Waals surface area contributed by atoms with E-state index in [0.29, 0.717) is 6.54 Å². The average Bonchev–Trinajstić information content (AvgIpc) is 2.80. The number of nitrogens with one attached hydrogen (secondary N) is 2. The molecular weight excluding hydrogens is 298 g/mol. The summed E-state index contributed by atoms with van der Waals surface area (Å²) in [6.07, 6.45) is 1.54. The highest BCUT2D eigenvalue weighted by Gasteiger charge is 2.18. The zero-order valence-electron chi connectivity index (χ0n) is 14.7. The summed E-state index contributed by atoms with van der Waals surface area (Å²) in [4.78, 5) is 17.3. The molecule has 2 N–H and O–H groups in total. The van der Waals surface area contributed by atoms with Crippen molar-refractivity contribution in [3.63, 3.8) is 0 Å². The van der Waals surface area contributed by atoms with E-state index in [9.17, 15) is 4.79 Å². The first-order valence-corrected chi connectivity index (χ1v) is 8.44. The van der Waals surface area contributed by atoms with Crippen LogP contribution in [0.25, 0.3) is 0 Å². The van der Waals surface area contributed by atoms with E-state index in [4.69, 9.17) is 4.74 Å². The Morgan fingerprint density at radius 2 is 1.95 bits per heavy atom. The predicted octanol–water partition coefficient (Wildman–Crippen LogP) is 3.44. The van der Waals surface area contributed by atoms with Crippen molar-refractivity contribution < 1.29 is 9.53 Å². The van der Waals surface area contributed by atoms with Crippen LogP contribution in [0, 0.1) is 0 Å². The molecule has 1 aromatic rings. The molecule has 1 rings (SSSR count). The first-order chi connectivity index (χ1) is 9.97. The summed E-state index contributed by atoms with van der Waals surface area (Å²) in [6.45, 7) is 15.4. The Kier molecular flexibility index (Phi) is 6.38. The third kappa shape index (κ3) is 7.22. The summed E-state index contributed by atoms with van der Waals surface area (Å²) in [5, 5.41) is 7.29. The second-order valence-electron chi connectivity index (χ2n) is 7.55. The van der Waals surface area contributed by atoms with Gasteiger partial charge in [0.15, 0.2) is 0 Å². The van der Waals surface area contributed by atoms with Gasteiger partial charge >= 0.3 is 6.09 Å². The Labute approximate surface area is 137 Å². The Hall–Kier alpha value is -1.14. The molecule has 0 bridgehead atoms. The molecule has 1 aromatic heterocycles. The van der Waals surface area contributed by atoms with Crippen LogP contribution < -0.4 is 10.6 Å². The van der Waals surface area contributed by atoms with Crippen LogP contribution in [0.4, 0.5) is 4.79 Å². The Morgan fingerprint density at radius 1 is 1.32 bits per heavy atom. The van der Waals surface area contributed by atoms with Gasteiger partial charge in [-0.3, -0.25) is 0 Å². The molecule has 0 aliphatic heterocycles. The third-order valence-corrected chi connectivity index (χ3v) is 4.19. The Morgan fingerprint density at radius 3 is 2.45 bits per heavy atom. The van der Waals surface area contributed by atoms with E-state index in [1.165, 1.54) is 4.88 Å². The minimum atomic E-state index is -0.466. The molecule has 0 aliphatic rings. The van der Waals surface area contributed by atoms with Crippen molar-refractivity contribution in [1.82, 2.24) is 15.6 Å². The molecule has 126 valence electrons. The van der Waals surface area contributed by atoms with Crippen molar-refractivity contribution >= 4 is 17.4 Å². The van der Waals surface area contributed by atoms with Gasteiger partial charge in [-0.2, -0.15) is 0 Å². The molecule has 5 nitrogen and oxygen atoms in total. The van der Waals surface area contributed by atoms with Crippen molar-refractivity contribution in [1.29, 1.82) is 0 Å². The summed E-state index contributed by atoms with van der Waals surface area (Å²) in [5.41, 5.74) is -0.375. The van der Waals surface area contributed by atoms with Crippen LogP contribution in [0.15, 0.2) is 6.20 Å². The number of rotatable bonds is 5. The SMILES string of the molecule is CC(CNC(=O)OC(C)(C)C)NCc1cnc(C(C)(C)C)s1. The lowest BCUT2D eigenvalue weighted by Gasteiger charge is -2.21. The van der Waals surface area contributed by atoms with Crippen LogP contribution in [-0.4, -0.2) is 29.3 Å². The third-order valence-electron chi connectivity index (χ3n) is 2.77. The number of carbonyl (C=O) groups excluding carboxylic acids is 1. The molecule has 1 heterocycles. The van der Waals surface area contributed by atoms with Crippen molar-refractivity contribution in [2.45, 2.75) is 72.1 Å². The van der Waals surface area contributed by atoms with E-state index >= 15 is 0 Å². The Bertz CT molecular complexity index is 486. The first-order valence-electron chi connectivity index (χ1n) is 7.63. The van der Waals surface area contributed by atoms with Crippen LogP contribution in [0.1, 0.15) is 58.4 Å². The van der Waals surface area contributed by atoms with Gasteiger partial charge in [0, 0.05) is 35.6 Å². The van der Waals surface area contributed by atoms with Gasteiger partial charge in [0.05, 0.1) is 5.01 Å². The first kappa shape index (κ1) is 18.9. The van der Waals surface area contributed by atoms with Crippen molar-refractivity contribution in [2.75, 3.05) is 6.54 Å². The maximum absolute atomic E-state index is 11.6. The van der Waals surface area contributed by atoms with Gasteiger partial charge < -0.3 is 15.4 Å². The molecule has 0 saturated carbocycles. The van der Waals surface area contributed by atoms with Crippen LogP contribution in [0.5, 0.6) is 0 Å². The number of thiazole rings is 1. The van der Waals surface area contributed by atoms with Gasteiger partial charge in [-0.1, -0.05) is 20.8 Å². The fourth-order valence-electron chi connectivity index (χ4n) is 1.63. The molecule has 0 saturated heterocycles. The maximum Gasteiger partial charge on any atom is 0.407 e. The fraction of sp³-hybridized carbons (Fsp3) is 0.750. The molecule has 0 aromatic carbocycles. The van der Waals surface area contributed by atoms with E-state index in [1.54, 1.807) is 11.3 Å². The van der Waals surface area contributed by atoms with Gasteiger partial charge in [-0.05, 0) is 27.7 Å². The standard InChI is InChI=1S/C16H29N3O2S/c1-11(8-19-14(20)21-16(5,6)7)17-9-12-10-18-13(22-12)15(2,3)4/h10-11,17H,8-9H2,1-7H3,(H,19,20). The van der Waals surface area contributed by atoms with Gasteiger partial charge in [0.2, 0.25) is 0 Å². The highest BCUT2D eigenvalue weighted by atomic mass is 32.1. The minimum absolute atomic E-state index is 0.0901. The number of nitrogens with zero attached hydrogens (tertiary/aromatic N) is 1. The van der Waals surface area contributed by atoms with Gasteiger partial charge in [0.25, 0.3) is 0 Å². The van der Waals surface area contributed by atoms with Crippen LogP contribution >= 0.6 is 11.3 Å². The predicted molar refractivity (Wildman–Crippen MR) is 91.4 cm³/mol. The number of hydrogen-bond acceptors (Lipinski definition) is 5.